The molecule has 0 radical (unpaired) electrons. The predicted octanol–water partition coefficient (Wildman–Crippen LogP) is 2.57. The number of aromatic nitrogens is 2. The van der Waals surface area contributed by atoms with E-state index in [1.165, 1.54) is 0 Å². The first kappa shape index (κ1) is 8.84. The topological polar surface area (TPSA) is 43.8 Å². The van der Waals surface area contributed by atoms with E-state index in [-0.39, 0.29) is 0 Å². The molecule has 0 saturated carbocycles. The zero-order valence-corrected chi connectivity index (χ0v) is 9.22. The third kappa shape index (κ3) is 1.21. The number of halogens is 2. The quantitative estimate of drug-likeness (QED) is 0.791. The summed E-state index contributed by atoms with van der Waals surface area (Å²) in [5, 5.41) is 5.50. The van der Waals surface area contributed by atoms with Gasteiger partial charge in [-0.05, 0) is 28.1 Å². The molecule has 0 amide bonds. The van der Waals surface area contributed by atoms with Gasteiger partial charge in [-0.15, -0.1) is 0 Å². The highest BCUT2D eigenvalue weighted by atomic mass is 79.9. The van der Waals surface area contributed by atoms with Gasteiger partial charge in [-0.1, -0.05) is 11.6 Å². The zero-order valence-electron chi connectivity index (χ0n) is 6.88. The monoisotopic (exact) mass is 259 g/mol. The SMILES string of the molecule is Cn1nc(N)c2c(Cl)c(Br)ccc21. The molecule has 0 aliphatic rings. The van der Waals surface area contributed by atoms with Crippen molar-refractivity contribution in [1.29, 1.82) is 0 Å². The molecule has 1 aromatic carbocycles. The molecule has 0 saturated heterocycles. The van der Waals surface area contributed by atoms with E-state index in [0.717, 1.165) is 15.4 Å². The van der Waals surface area contributed by atoms with Crippen LogP contribution in [0.2, 0.25) is 5.02 Å². The first-order valence-electron chi connectivity index (χ1n) is 3.67. The van der Waals surface area contributed by atoms with Crippen LogP contribution in [0.15, 0.2) is 16.6 Å². The number of hydrogen-bond donors (Lipinski definition) is 1. The molecule has 0 unspecified atom stereocenters. The Hall–Kier alpha value is -0.740. The molecule has 0 aliphatic heterocycles. The van der Waals surface area contributed by atoms with Crippen LogP contribution in [0.25, 0.3) is 10.9 Å². The second kappa shape index (κ2) is 2.89. The van der Waals surface area contributed by atoms with E-state index < -0.39 is 0 Å². The summed E-state index contributed by atoms with van der Waals surface area (Å²) < 4.78 is 2.55. The molecule has 0 bridgehead atoms. The smallest absolute Gasteiger partial charge is 0.154 e. The van der Waals surface area contributed by atoms with E-state index in [2.05, 4.69) is 21.0 Å². The van der Waals surface area contributed by atoms with Crippen LogP contribution >= 0.6 is 27.5 Å². The Kier molecular flexibility index (Phi) is 1.96. The van der Waals surface area contributed by atoms with Crippen molar-refractivity contribution < 1.29 is 0 Å². The Morgan fingerprint density at radius 3 is 2.92 bits per heavy atom. The number of nitrogens with zero attached hydrogens (tertiary/aromatic N) is 2. The Bertz CT molecular complexity index is 478. The van der Waals surface area contributed by atoms with Crippen LogP contribution in [-0.2, 0) is 7.05 Å². The fraction of sp³-hybridized carbons (Fsp3) is 0.125. The third-order valence-corrected chi connectivity index (χ3v) is 3.22. The van der Waals surface area contributed by atoms with E-state index >= 15 is 0 Å². The number of rotatable bonds is 0. The van der Waals surface area contributed by atoms with Gasteiger partial charge in [0.15, 0.2) is 5.82 Å². The van der Waals surface area contributed by atoms with Crippen molar-refractivity contribution in [2.24, 2.45) is 7.05 Å². The van der Waals surface area contributed by atoms with E-state index in [4.69, 9.17) is 17.3 Å². The molecular weight excluding hydrogens is 253 g/mol. The summed E-state index contributed by atoms with van der Waals surface area (Å²) in [6.07, 6.45) is 0. The Morgan fingerprint density at radius 1 is 1.54 bits per heavy atom. The van der Waals surface area contributed by atoms with Crippen molar-refractivity contribution in [3.63, 3.8) is 0 Å². The van der Waals surface area contributed by atoms with Gasteiger partial charge in [0.25, 0.3) is 0 Å². The second-order valence-corrected chi connectivity index (χ2v) is 4.00. The van der Waals surface area contributed by atoms with E-state index in [1.54, 1.807) is 4.68 Å². The molecule has 0 fully saturated rings. The lowest BCUT2D eigenvalue weighted by Gasteiger charge is -1.98. The number of nitrogen functional groups attached to an aromatic ring is 1. The molecule has 2 rings (SSSR count). The third-order valence-electron chi connectivity index (χ3n) is 1.94. The van der Waals surface area contributed by atoms with Gasteiger partial charge < -0.3 is 5.73 Å². The lowest BCUT2D eigenvalue weighted by molar-refractivity contribution is 0.802. The van der Waals surface area contributed by atoms with Gasteiger partial charge in [0.2, 0.25) is 0 Å². The minimum absolute atomic E-state index is 0.462. The first-order valence-corrected chi connectivity index (χ1v) is 4.84. The average molecular weight is 261 g/mol. The van der Waals surface area contributed by atoms with Crippen LogP contribution in [0.5, 0.6) is 0 Å². The van der Waals surface area contributed by atoms with E-state index in [0.29, 0.717) is 10.8 Å². The first-order chi connectivity index (χ1) is 6.11. The van der Waals surface area contributed by atoms with E-state index in [9.17, 15) is 0 Å². The maximum absolute atomic E-state index is 6.06. The van der Waals surface area contributed by atoms with Gasteiger partial charge in [0.05, 0.1) is 15.9 Å². The van der Waals surface area contributed by atoms with Crippen molar-refractivity contribution in [2.75, 3.05) is 5.73 Å². The number of hydrogen-bond acceptors (Lipinski definition) is 2. The van der Waals surface area contributed by atoms with Crippen molar-refractivity contribution >= 4 is 44.3 Å². The van der Waals surface area contributed by atoms with Gasteiger partial charge >= 0.3 is 0 Å². The van der Waals surface area contributed by atoms with Crippen LogP contribution < -0.4 is 5.73 Å². The molecule has 2 aromatic rings. The van der Waals surface area contributed by atoms with Crippen molar-refractivity contribution in [3.8, 4) is 0 Å². The highest BCUT2D eigenvalue weighted by Crippen LogP contribution is 2.33. The number of nitrogens with two attached hydrogens (primary N) is 1. The van der Waals surface area contributed by atoms with Crippen LogP contribution in [0.3, 0.4) is 0 Å². The fourth-order valence-corrected chi connectivity index (χ4v) is 1.91. The highest BCUT2D eigenvalue weighted by molar-refractivity contribution is 9.10. The minimum atomic E-state index is 0.462. The van der Waals surface area contributed by atoms with E-state index in [1.807, 2.05) is 19.2 Å². The predicted molar refractivity (Wildman–Crippen MR) is 57.8 cm³/mol. The molecule has 3 nitrogen and oxygen atoms in total. The van der Waals surface area contributed by atoms with Gasteiger partial charge in [0, 0.05) is 11.5 Å². The van der Waals surface area contributed by atoms with Crippen molar-refractivity contribution in [2.45, 2.75) is 0 Å². The van der Waals surface area contributed by atoms with Crippen LogP contribution in [0, 0.1) is 0 Å². The fourth-order valence-electron chi connectivity index (χ4n) is 1.32. The maximum atomic E-state index is 6.06. The summed E-state index contributed by atoms with van der Waals surface area (Å²) >= 11 is 9.40. The largest absolute Gasteiger partial charge is 0.382 e. The summed E-state index contributed by atoms with van der Waals surface area (Å²) in [4.78, 5) is 0. The molecule has 1 heterocycles. The van der Waals surface area contributed by atoms with Gasteiger partial charge in [-0.3, -0.25) is 4.68 Å². The molecular formula is C8H7BrClN3. The van der Waals surface area contributed by atoms with Crippen molar-refractivity contribution in [1.82, 2.24) is 9.78 Å². The van der Waals surface area contributed by atoms with Gasteiger partial charge in [-0.25, -0.2) is 0 Å². The Labute approximate surface area is 88.6 Å². The second-order valence-electron chi connectivity index (χ2n) is 2.76. The molecule has 68 valence electrons. The van der Waals surface area contributed by atoms with Crippen LogP contribution in [-0.4, -0.2) is 9.78 Å². The summed E-state index contributed by atoms with van der Waals surface area (Å²) in [5.74, 6) is 0.462. The maximum Gasteiger partial charge on any atom is 0.154 e. The summed E-state index contributed by atoms with van der Waals surface area (Å²) in [6, 6.07) is 3.81. The number of anilines is 1. The summed E-state index contributed by atoms with van der Waals surface area (Å²) in [7, 11) is 1.84. The minimum Gasteiger partial charge on any atom is -0.382 e. The Morgan fingerprint density at radius 2 is 2.23 bits per heavy atom. The van der Waals surface area contributed by atoms with Gasteiger partial charge in [-0.2, -0.15) is 5.10 Å². The molecule has 5 heteroatoms. The molecule has 0 aliphatic carbocycles. The molecule has 0 spiro atoms. The average Bonchev–Trinajstić information content (AvgIpc) is 2.35. The number of aryl methyl sites for hydroxylation is 1. The van der Waals surface area contributed by atoms with Gasteiger partial charge in [0.1, 0.15) is 0 Å². The lowest BCUT2D eigenvalue weighted by Crippen LogP contribution is -1.90. The summed E-state index contributed by atoms with van der Waals surface area (Å²) in [6.45, 7) is 0. The molecule has 13 heavy (non-hydrogen) atoms. The number of fused-ring (bicyclic) bond motifs is 1. The van der Waals surface area contributed by atoms with Crippen LogP contribution in [0.1, 0.15) is 0 Å². The van der Waals surface area contributed by atoms with Crippen LogP contribution in [0.4, 0.5) is 5.82 Å². The molecule has 0 atom stereocenters. The zero-order chi connectivity index (χ0) is 9.59. The summed E-state index contributed by atoms with van der Waals surface area (Å²) in [5.41, 5.74) is 6.65. The Balaban J connectivity index is 2.98. The normalized spacial score (nSPS) is 11.0. The highest BCUT2D eigenvalue weighted by Gasteiger charge is 2.11. The number of benzene rings is 1. The van der Waals surface area contributed by atoms with Crippen molar-refractivity contribution in [3.05, 3.63) is 21.6 Å². The molecule has 2 N–H and O–H groups in total. The molecule has 1 aromatic heterocycles. The lowest BCUT2D eigenvalue weighted by atomic mass is 10.2. The standard InChI is InChI=1S/C8H7BrClN3/c1-13-5-3-2-4(9)7(10)6(5)8(11)12-13/h2-3H,1H3,(H2,11,12).